The number of rotatable bonds is 3. The molecule has 3 nitrogen and oxygen atoms in total. The van der Waals surface area contributed by atoms with Crippen molar-refractivity contribution >= 4 is 45.7 Å². The Morgan fingerprint density at radius 1 is 0.759 bits per heavy atom. The van der Waals surface area contributed by atoms with Crippen LogP contribution in [0.25, 0.3) is 22.5 Å². The van der Waals surface area contributed by atoms with E-state index in [-0.39, 0.29) is 0 Å². The largest absolute Gasteiger partial charge is 0.185 e. The molecule has 0 amide bonds. The summed E-state index contributed by atoms with van der Waals surface area (Å²) in [5.41, 5.74) is 4.99. The molecule has 3 aromatic rings. The third kappa shape index (κ3) is 5.92. The molecule has 4 rings (SSSR count). The van der Waals surface area contributed by atoms with Crippen molar-refractivity contribution in [1.82, 2.24) is 10.5 Å². The third-order valence-electron chi connectivity index (χ3n) is 5.35. The summed E-state index contributed by atoms with van der Waals surface area (Å²) in [4.78, 5) is 0. The second-order valence-electron chi connectivity index (χ2n) is 7.34. The van der Waals surface area contributed by atoms with Gasteiger partial charge in [-0.3, -0.25) is 0 Å². The molecule has 1 fully saturated rings. The number of aromatic nitrogens is 2. The Labute approximate surface area is 212 Å². The minimum Gasteiger partial charge on any atom is -0.185 e. The van der Waals surface area contributed by atoms with Crippen molar-refractivity contribution in [1.29, 1.82) is 0 Å². The fourth-order valence-electron chi connectivity index (χ4n) is 3.84. The molecule has 0 unspecified atom stereocenters. The van der Waals surface area contributed by atoms with E-state index in [1.54, 1.807) is 0 Å². The topological polar surface area (TPSA) is 13.1 Å². The van der Waals surface area contributed by atoms with Gasteiger partial charge in [0.15, 0.2) is 0 Å². The van der Waals surface area contributed by atoms with Crippen molar-refractivity contribution in [2.24, 2.45) is 14.1 Å². The van der Waals surface area contributed by atoms with Crippen molar-refractivity contribution in [2.75, 3.05) is 0 Å². The van der Waals surface area contributed by atoms with E-state index in [0.717, 1.165) is 6.04 Å². The maximum absolute atomic E-state index is 2.38. The van der Waals surface area contributed by atoms with Crippen LogP contribution in [-0.2, 0) is 33.4 Å². The molecule has 1 aliphatic carbocycles. The van der Waals surface area contributed by atoms with Crippen LogP contribution in [-0.4, -0.2) is 16.5 Å². The number of halogens is 2. The van der Waals surface area contributed by atoms with Crippen LogP contribution in [0.15, 0.2) is 60.7 Å². The van der Waals surface area contributed by atoms with Gasteiger partial charge in [0.2, 0.25) is 0 Å². The maximum atomic E-state index is 2.38. The average molecular weight is 794 g/mol. The average Bonchev–Trinajstić information content (AvgIpc) is 3.00. The molecule has 1 heterocycles. The molecule has 0 saturated heterocycles. The Morgan fingerprint density at radius 3 is 1.52 bits per heavy atom. The normalized spacial score (nSPS) is 14.6. The predicted molar refractivity (Wildman–Crippen MR) is 135 cm³/mol. The van der Waals surface area contributed by atoms with Gasteiger partial charge in [0, 0.05) is 51.8 Å². The minimum absolute atomic E-state index is 0.861. The summed E-state index contributed by atoms with van der Waals surface area (Å²) >= 11 is 7.14. The standard InChI is InChI=1S/C17H16N2.C6H11I2N.Pt/c1-18-13-19(2)17(15-11-7-4-8-12-15)16(18)14-9-5-3-6-10-14;7-9(8)6-4-2-1-3-5-6;/h3-12H,1-2H3;6H,1-5H2;. The monoisotopic (exact) mass is 794 g/mol. The van der Waals surface area contributed by atoms with Crippen LogP contribution in [0.3, 0.4) is 0 Å². The molecule has 0 N–H and O–H groups in total. The minimum atomic E-state index is 0.861. The van der Waals surface area contributed by atoms with Crippen LogP contribution in [0.1, 0.15) is 32.1 Å². The summed E-state index contributed by atoms with van der Waals surface area (Å²) in [5.74, 6) is 0. The molecule has 1 aromatic heterocycles. The predicted octanol–water partition coefficient (Wildman–Crippen LogP) is 7.10. The smallest absolute Gasteiger partial charge is 0.0311 e. The second-order valence-corrected chi connectivity index (χ2v) is 12.3. The van der Waals surface area contributed by atoms with Crippen LogP contribution in [0.2, 0.25) is 0 Å². The van der Waals surface area contributed by atoms with Gasteiger partial charge in [0.05, 0.1) is 0 Å². The molecule has 1 saturated carbocycles. The Kier molecular flexibility index (Phi) is 9.21. The van der Waals surface area contributed by atoms with E-state index in [1.165, 1.54) is 58.4 Å². The number of hydrogen-bond acceptors (Lipinski definition) is 1. The van der Waals surface area contributed by atoms with Gasteiger partial charge in [0.25, 0.3) is 0 Å². The number of hydrogen-bond donors (Lipinski definition) is 0. The first kappa shape index (κ1) is 23.4. The third-order valence-corrected chi connectivity index (χ3v) is 8.45. The quantitative estimate of drug-likeness (QED) is 0.204. The summed E-state index contributed by atoms with van der Waals surface area (Å²) in [6, 6.07) is 22.0. The molecular formula is C23H27I2N3Pt. The van der Waals surface area contributed by atoms with Crippen LogP contribution in [0, 0.1) is 3.80 Å². The van der Waals surface area contributed by atoms with Crippen molar-refractivity contribution in [3.05, 3.63) is 64.5 Å². The fraction of sp³-hybridized carbons (Fsp3) is 0.348. The summed E-state index contributed by atoms with van der Waals surface area (Å²) in [6.45, 7) is 0. The Balaban J connectivity index is 0.000000224. The molecule has 0 atom stereocenters. The summed E-state index contributed by atoms with van der Waals surface area (Å²) < 4.78 is 8.01. The first-order valence-corrected chi connectivity index (χ1v) is 13.0. The SMILES string of the molecule is Cn1c(-c2ccccc2)c(-c2ccccc2)n(C)[c]1=[Pt].IN(I)C1CCCCC1. The van der Waals surface area contributed by atoms with Crippen LogP contribution in [0.5, 0.6) is 0 Å². The molecule has 0 aliphatic heterocycles. The Hall–Kier alpha value is -0.242. The molecule has 0 spiro atoms. The van der Waals surface area contributed by atoms with Gasteiger partial charge in [-0.2, -0.15) is 1.33 Å². The molecule has 0 bridgehead atoms. The molecule has 2 aromatic carbocycles. The number of benzene rings is 2. The molecule has 6 heteroatoms. The molecule has 1 aliphatic rings. The zero-order valence-electron chi connectivity index (χ0n) is 16.8. The Bertz CT molecular complexity index is 893. The van der Waals surface area contributed by atoms with E-state index in [1.807, 2.05) is 0 Å². The van der Waals surface area contributed by atoms with Crippen LogP contribution in [0.4, 0.5) is 0 Å². The van der Waals surface area contributed by atoms with Crippen LogP contribution < -0.4 is 0 Å². The van der Waals surface area contributed by atoms with Gasteiger partial charge < -0.3 is 0 Å². The van der Waals surface area contributed by atoms with E-state index >= 15 is 0 Å². The van der Waals surface area contributed by atoms with Gasteiger partial charge >= 0.3 is 130 Å². The number of imidazole rings is 1. The first-order chi connectivity index (χ1) is 14.0. The van der Waals surface area contributed by atoms with Crippen molar-refractivity contribution in [2.45, 2.75) is 38.1 Å². The van der Waals surface area contributed by atoms with Crippen LogP contribution >= 0.6 is 45.7 Å². The first-order valence-electron chi connectivity index (χ1n) is 9.93. The van der Waals surface area contributed by atoms with Crippen molar-refractivity contribution in [3.63, 3.8) is 0 Å². The summed E-state index contributed by atoms with van der Waals surface area (Å²) in [5, 5.41) is 0. The van der Waals surface area contributed by atoms with Gasteiger partial charge in [0.1, 0.15) is 0 Å². The summed E-state index contributed by atoms with van der Waals surface area (Å²) in [6.07, 6.45) is 7.15. The summed E-state index contributed by atoms with van der Waals surface area (Å²) in [7, 11) is 4.24. The van der Waals surface area contributed by atoms with Crippen molar-refractivity contribution < 1.29 is 19.4 Å². The Morgan fingerprint density at radius 2 is 1.17 bits per heavy atom. The van der Waals surface area contributed by atoms with Gasteiger partial charge in [-0.05, 0) is 12.8 Å². The van der Waals surface area contributed by atoms with Gasteiger partial charge in [-0.1, -0.05) is 19.3 Å². The van der Waals surface area contributed by atoms with Gasteiger partial charge in [-0.25, -0.2) is 0 Å². The van der Waals surface area contributed by atoms with E-state index in [9.17, 15) is 0 Å². The molecule has 158 valence electrons. The van der Waals surface area contributed by atoms with E-state index in [2.05, 4.69) is 150 Å². The zero-order valence-corrected chi connectivity index (χ0v) is 23.4. The van der Waals surface area contributed by atoms with E-state index in [0.29, 0.717) is 0 Å². The van der Waals surface area contributed by atoms with E-state index in [4.69, 9.17) is 0 Å². The molecule has 29 heavy (non-hydrogen) atoms. The van der Waals surface area contributed by atoms with Gasteiger partial charge in [-0.15, -0.1) is 0 Å². The second kappa shape index (κ2) is 11.4. The number of nitrogens with zero attached hydrogens (tertiary/aromatic N) is 3. The van der Waals surface area contributed by atoms with Crippen molar-refractivity contribution in [3.8, 4) is 22.5 Å². The van der Waals surface area contributed by atoms with E-state index < -0.39 is 0 Å². The molecular weight excluding hydrogens is 767 g/mol. The molecule has 0 radical (unpaired) electrons. The fourth-order valence-corrected chi connectivity index (χ4v) is 5.46. The zero-order chi connectivity index (χ0) is 20.8. The maximum Gasteiger partial charge on any atom is 0.0311 e.